The van der Waals surface area contributed by atoms with E-state index in [-0.39, 0.29) is 12.0 Å². The highest BCUT2D eigenvalue weighted by molar-refractivity contribution is 7.14. The Balaban J connectivity index is 1.86. The summed E-state index contributed by atoms with van der Waals surface area (Å²) in [6.07, 6.45) is 3.51. The van der Waals surface area contributed by atoms with Crippen molar-refractivity contribution in [2.24, 2.45) is 0 Å². The Morgan fingerprint density at radius 3 is 2.85 bits per heavy atom. The van der Waals surface area contributed by atoms with Crippen LogP contribution in [0.15, 0.2) is 36.7 Å². The summed E-state index contributed by atoms with van der Waals surface area (Å²) in [7, 11) is 0. The first kappa shape index (κ1) is 17.0. The molecule has 0 bridgehead atoms. The van der Waals surface area contributed by atoms with Gasteiger partial charge in [-0.15, -0.1) is 15.3 Å². The normalized spacial score (nSPS) is 10.9. The fourth-order valence-corrected chi connectivity index (χ4v) is 3.29. The predicted molar refractivity (Wildman–Crippen MR) is 103 cm³/mol. The molecule has 0 aliphatic heterocycles. The van der Waals surface area contributed by atoms with Crippen LogP contribution in [0.4, 0.5) is 10.7 Å². The number of carbonyl (C=O) groups is 1. The fraction of sp³-hybridized carbons (Fsp3) is 0.176. The number of pyridine rings is 2. The molecule has 4 aromatic rings. The minimum Gasteiger partial charge on any atom is -0.338 e. The molecule has 10 heteroatoms. The van der Waals surface area contributed by atoms with Crippen LogP contribution in [-0.2, 0) is 0 Å². The molecule has 136 valence electrons. The highest BCUT2D eigenvalue weighted by atomic mass is 32.1. The molecule has 0 radical (unpaired) electrons. The molecule has 0 saturated heterocycles. The van der Waals surface area contributed by atoms with E-state index in [4.69, 9.17) is 0 Å². The standard InChI is InChI=1S/C17H16N8OS/c1-3-19-17(26)21-16-20-14-8-12(11-5-4-6-18-9-11)7-13(25(14)24-16)15-23-22-10(2)27-15/h4-9H,3H2,1-2H3,(H2,19,21,24,26). The van der Waals surface area contributed by atoms with Crippen molar-refractivity contribution < 1.29 is 4.79 Å². The Morgan fingerprint density at radius 1 is 1.26 bits per heavy atom. The number of aryl methyl sites for hydroxylation is 1. The fourth-order valence-electron chi connectivity index (χ4n) is 2.60. The topological polar surface area (TPSA) is 110 Å². The smallest absolute Gasteiger partial charge is 0.321 e. The molecule has 0 atom stereocenters. The zero-order valence-electron chi connectivity index (χ0n) is 14.7. The summed E-state index contributed by atoms with van der Waals surface area (Å²) in [5.41, 5.74) is 3.21. The summed E-state index contributed by atoms with van der Waals surface area (Å²) in [4.78, 5) is 20.4. The number of rotatable bonds is 4. The number of hydrogen-bond donors (Lipinski definition) is 2. The third-order valence-corrected chi connectivity index (χ3v) is 4.60. The number of anilines is 1. The molecule has 4 heterocycles. The van der Waals surface area contributed by atoms with E-state index >= 15 is 0 Å². The summed E-state index contributed by atoms with van der Waals surface area (Å²) in [5, 5.41) is 19.6. The molecule has 0 aromatic carbocycles. The SMILES string of the molecule is CCNC(=O)Nc1nc2cc(-c3cccnc3)cc(-c3nnc(C)s3)n2n1. The van der Waals surface area contributed by atoms with Gasteiger partial charge in [-0.25, -0.2) is 9.31 Å². The van der Waals surface area contributed by atoms with E-state index in [1.165, 1.54) is 11.3 Å². The Morgan fingerprint density at radius 2 is 2.15 bits per heavy atom. The lowest BCUT2D eigenvalue weighted by Crippen LogP contribution is -2.28. The monoisotopic (exact) mass is 380 g/mol. The van der Waals surface area contributed by atoms with E-state index in [1.807, 2.05) is 38.1 Å². The molecule has 4 aromatic heterocycles. The first-order valence-electron chi connectivity index (χ1n) is 8.30. The number of fused-ring (bicyclic) bond motifs is 1. The lowest BCUT2D eigenvalue weighted by atomic mass is 10.1. The molecule has 0 saturated carbocycles. The van der Waals surface area contributed by atoms with Crippen molar-refractivity contribution in [3.8, 4) is 21.8 Å². The summed E-state index contributed by atoms with van der Waals surface area (Å²) >= 11 is 1.46. The first-order valence-corrected chi connectivity index (χ1v) is 9.12. The largest absolute Gasteiger partial charge is 0.338 e. The minimum atomic E-state index is -0.353. The maximum absolute atomic E-state index is 11.8. The zero-order valence-corrected chi connectivity index (χ0v) is 15.5. The molecule has 0 aliphatic rings. The van der Waals surface area contributed by atoms with Crippen molar-refractivity contribution in [3.63, 3.8) is 0 Å². The van der Waals surface area contributed by atoms with Crippen LogP contribution in [0, 0.1) is 6.92 Å². The van der Waals surface area contributed by atoms with Crippen LogP contribution < -0.4 is 10.6 Å². The Labute approximate surface area is 158 Å². The van der Waals surface area contributed by atoms with Crippen LogP contribution in [0.25, 0.3) is 27.5 Å². The second-order valence-electron chi connectivity index (χ2n) is 5.69. The van der Waals surface area contributed by atoms with Gasteiger partial charge < -0.3 is 5.32 Å². The van der Waals surface area contributed by atoms with Crippen molar-refractivity contribution in [2.75, 3.05) is 11.9 Å². The lowest BCUT2D eigenvalue weighted by Gasteiger charge is -2.05. The number of hydrogen-bond acceptors (Lipinski definition) is 7. The summed E-state index contributed by atoms with van der Waals surface area (Å²) in [6.45, 7) is 4.25. The third kappa shape index (κ3) is 3.47. The van der Waals surface area contributed by atoms with Gasteiger partial charge in [0.15, 0.2) is 10.7 Å². The maximum atomic E-state index is 11.8. The van der Waals surface area contributed by atoms with Crippen LogP contribution in [-0.4, -0.2) is 42.4 Å². The van der Waals surface area contributed by atoms with E-state index in [0.29, 0.717) is 12.2 Å². The number of nitrogens with zero attached hydrogens (tertiary/aromatic N) is 6. The second kappa shape index (κ2) is 7.08. The average Bonchev–Trinajstić information content (AvgIpc) is 3.27. The van der Waals surface area contributed by atoms with E-state index in [1.54, 1.807) is 16.9 Å². The number of carbonyl (C=O) groups excluding carboxylic acids is 1. The molecule has 0 unspecified atom stereocenters. The van der Waals surface area contributed by atoms with E-state index in [2.05, 4.69) is 35.9 Å². The van der Waals surface area contributed by atoms with Crippen molar-refractivity contribution in [1.29, 1.82) is 0 Å². The van der Waals surface area contributed by atoms with E-state index in [0.717, 1.165) is 26.8 Å². The third-order valence-electron chi connectivity index (χ3n) is 3.74. The Kier molecular flexibility index (Phi) is 4.47. The number of amides is 2. The number of nitrogens with one attached hydrogen (secondary N) is 2. The summed E-state index contributed by atoms with van der Waals surface area (Å²) < 4.78 is 1.65. The van der Waals surface area contributed by atoms with Gasteiger partial charge in [-0.2, -0.15) is 4.98 Å². The molecule has 0 spiro atoms. The van der Waals surface area contributed by atoms with Gasteiger partial charge in [0.25, 0.3) is 5.95 Å². The lowest BCUT2D eigenvalue weighted by molar-refractivity contribution is 0.252. The predicted octanol–water partition coefficient (Wildman–Crippen LogP) is 2.76. The molecule has 4 rings (SSSR count). The van der Waals surface area contributed by atoms with E-state index < -0.39 is 0 Å². The molecular formula is C17H16N8OS. The zero-order chi connectivity index (χ0) is 18.8. The minimum absolute atomic E-state index is 0.215. The number of aromatic nitrogens is 6. The average molecular weight is 380 g/mol. The van der Waals surface area contributed by atoms with Crippen LogP contribution in [0.1, 0.15) is 11.9 Å². The van der Waals surface area contributed by atoms with Crippen molar-refractivity contribution in [1.82, 2.24) is 35.1 Å². The van der Waals surface area contributed by atoms with Crippen LogP contribution in [0.5, 0.6) is 0 Å². The van der Waals surface area contributed by atoms with Gasteiger partial charge in [-0.1, -0.05) is 17.4 Å². The second-order valence-corrected chi connectivity index (χ2v) is 6.87. The first-order chi connectivity index (χ1) is 13.1. The van der Waals surface area contributed by atoms with Gasteiger partial charge in [0.2, 0.25) is 0 Å². The van der Waals surface area contributed by atoms with Crippen molar-refractivity contribution >= 4 is 29.0 Å². The van der Waals surface area contributed by atoms with E-state index in [9.17, 15) is 4.79 Å². The van der Waals surface area contributed by atoms with Gasteiger partial charge in [-0.3, -0.25) is 10.3 Å². The van der Waals surface area contributed by atoms with Gasteiger partial charge in [-0.05, 0) is 37.6 Å². The Hall–Kier alpha value is -3.40. The molecule has 27 heavy (non-hydrogen) atoms. The van der Waals surface area contributed by atoms with Crippen molar-refractivity contribution in [3.05, 3.63) is 41.7 Å². The molecule has 2 N–H and O–H groups in total. The molecule has 2 amide bonds. The molecule has 0 fully saturated rings. The highest BCUT2D eigenvalue weighted by Crippen LogP contribution is 2.29. The Bertz CT molecular complexity index is 1100. The van der Waals surface area contributed by atoms with Crippen LogP contribution in [0.2, 0.25) is 0 Å². The van der Waals surface area contributed by atoms with Crippen LogP contribution >= 0.6 is 11.3 Å². The van der Waals surface area contributed by atoms with Crippen LogP contribution in [0.3, 0.4) is 0 Å². The van der Waals surface area contributed by atoms with Gasteiger partial charge >= 0.3 is 6.03 Å². The van der Waals surface area contributed by atoms with Gasteiger partial charge in [0.05, 0.1) is 0 Å². The molecular weight excluding hydrogens is 364 g/mol. The summed E-state index contributed by atoms with van der Waals surface area (Å²) in [5.74, 6) is 0.215. The quantitative estimate of drug-likeness (QED) is 0.563. The highest BCUT2D eigenvalue weighted by Gasteiger charge is 2.16. The summed E-state index contributed by atoms with van der Waals surface area (Å²) in [6, 6.07) is 7.35. The van der Waals surface area contributed by atoms with Gasteiger partial charge in [0, 0.05) is 24.5 Å². The van der Waals surface area contributed by atoms with Gasteiger partial charge in [0.1, 0.15) is 10.7 Å². The molecule has 0 aliphatic carbocycles. The van der Waals surface area contributed by atoms with Crippen molar-refractivity contribution in [2.45, 2.75) is 13.8 Å². The molecule has 9 nitrogen and oxygen atoms in total. The number of urea groups is 1. The maximum Gasteiger partial charge on any atom is 0.321 e.